The van der Waals surface area contributed by atoms with Gasteiger partial charge in [0, 0.05) is 51.4 Å². The van der Waals surface area contributed by atoms with Gasteiger partial charge in [0.25, 0.3) is 11.8 Å². The summed E-state index contributed by atoms with van der Waals surface area (Å²) < 4.78 is 70.3. The van der Waals surface area contributed by atoms with E-state index in [2.05, 4.69) is 21.0 Å². The van der Waals surface area contributed by atoms with Crippen LogP contribution in [0.25, 0.3) is 10.9 Å². The van der Waals surface area contributed by atoms with E-state index in [0.717, 1.165) is 43.8 Å². The van der Waals surface area contributed by atoms with Crippen molar-refractivity contribution in [1.82, 2.24) is 20.4 Å². The zero-order valence-electron chi connectivity index (χ0n) is 22.0. The van der Waals surface area contributed by atoms with E-state index in [4.69, 9.17) is 11.6 Å². The summed E-state index contributed by atoms with van der Waals surface area (Å²) in [5.41, 5.74) is -0.0828. The summed E-state index contributed by atoms with van der Waals surface area (Å²) in [4.78, 5) is 26.8. The van der Waals surface area contributed by atoms with Crippen LogP contribution >= 0.6 is 11.6 Å². The molecule has 4 aromatic rings. The number of benzene rings is 3. The minimum absolute atomic E-state index is 0.0761. The van der Waals surface area contributed by atoms with Crippen LogP contribution in [0.5, 0.6) is 0 Å². The molecular formula is C29H23ClF5N5O2. The molecule has 3 heterocycles. The Morgan fingerprint density at radius 3 is 2.52 bits per heavy atom. The minimum Gasteiger partial charge on any atom is -0.341 e. The van der Waals surface area contributed by atoms with Gasteiger partial charge in [-0.15, -0.1) is 0 Å². The first kappa shape index (κ1) is 28.1. The van der Waals surface area contributed by atoms with E-state index in [-0.39, 0.29) is 33.3 Å². The third kappa shape index (κ3) is 4.88. The van der Waals surface area contributed by atoms with Crippen molar-refractivity contribution >= 4 is 40.0 Å². The second kappa shape index (κ2) is 10.4. The molecule has 218 valence electrons. The van der Waals surface area contributed by atoms with Gasteiger partial charge in [-0.25, -0.2) is 8.78 Å². The number of nitrogens with zero attached hydrogens (tertiary/aromatic N) is 2. The van der Waals surface area contributed by atoms with Crippen LogP contribution in [0, 0.1) is 11.6 Å². The van der Waals surface area contributed by atoms with E-state index in [1.54, 1.807) is 17.8 Å². The topological polar surface area (TPSA) is 88.1 Å². The molecule has 1 aromatic heterocycles. The molecule has 1 fully saturated rings. The minimum atomic E-state index is -4.88. The maximum Gasteiger partial charge on any atom is 0.416 e. The molecule has 6 rings (SSSR count). The van der Waals surface area contributed by atoms with Crippen LogP contribution in [-0.4, -0.2) is 34.7 Å². The fourth-order valence-corrected chi connectivity index (χ4v) is 6.13. The van der Waals surface area contributed by atoms with E-state index in [1.807, 2.05) is 0 Å². The van der Waals surface area contributed by atoms with Gasteiger partial charge in [0.15, 0.2) is 0 Å². The lowest BCUT2D eigenvalue weighted by Crippen LogP contribution is -2.27. The maximum atomic E-state index is 14.3. The van der Waals surface area contributed by atoms with E-state index < -0.39 is 46.8 Å². The third-order valence-corrected chi connectivity index (χ3v) is 8.08. The zero-order chi connectivity index (χ0) is 29.9. The molecule has 2 aliphatic heterocycles. The second-order valence-electron chi connectivity index (χ2n) is 10.4. The van der Waals surface area contributed by atoms with Gasteiger partial charge in [0.05, 0.1) is 17.2 Å². The number of alkyl halides is 3. The molecular weight excluding hydrogens is 581 g/mol. The lowest BCUT2D eigenvalue weighted by molar-refractivity contribution is -0.137. The Balaban J connectivity index is 1.55. The number of piperidine rings is 1. The average Bonchev–Trinajstić information content (AvgIpc) is 3.45. The standard InChI is InChI=1S/C29H23ClF5N5O2/c1-40-26(13-4-6-36-7-5-13)19-12-21(37-27(41)14-8-15(29(33,34)35)10-17(32)9-14)22-23(25(19)39-40)28(42)38-24(22)18-11-16(31)2-3-20(18)30/h2-3,8-13,24,36H,4-7H2,1H3,(H,37,41)(H,38,42). The summed E-state index contributed by atoms with van der Waals surface area (Å²) in [6.07, 6.45) is -3.29. The Bertz CT molecular complexity index is 1760. The number of hydrogen-bond acceptors (Lipinski definition) is 4. The Morgan fingerprint density at radius 1 is 1.07 bits per heavy atom. The summed E-state index contributed by atoms with van der Waals surface area (Å²) in [5.74, 6) is -3.35. The lowest BCUT2D eigenvalue weighted by Gasteiger charge is -2.23. The molecule has 3 aromatic carbocycles. The number of nitrogens with one attached hydrogen (secondary N) is 3. The summed E-state index contributed by atoms with van der Waals surface area (Å²) in [7, 11) is 1.75. The molecule has 1 saturated heterocycles. The summed E-state index contributed by atoms with van der Waals surface area (Å²) >= 11 is 6.39. The summed E-state index contributed by atoms with van der Waals surface area (Å²) in [6.45, 7) is 1.54. The van der Waals surface area contributed by atoms with Gasteiger partial charge < -0.3 is 16.0 Å². The normalized spacial score (nSPS) is 17.4. The van der Waals surface area contributed by atoms with Crippen molar-refractivity contribution in [3.05, 3.63) is 92.6 Å². The van der Waals surface area contributed by atoms with Crippen LogP contribution in [0.3, 0.4) is 0 Å². The van der Waals surface area contributed by atoms with Crippen molar-refractivity contribution < 1.29 is 31.5 Å². The van der Waals surface area contributed by atoms with Crippen LogP contribution in [-0.2, 0) is 13.2 Å². The first-order valence-electron chi connectivity index (χ1n) is 13.1. The van der Waals surface area contributed by atoms with E-state index in [1.165, 1.54) is 6.07 Å². The maximum absolute atomic E-state index is 14.3. The number of rotatable bonds is 4. The number of carbonyl (C=O) groups is 2. The number of hydrogen-bond donors (Lipinski definition) is 3. The molecule has 0 spiro atoms. The number of aromatic nitrogens is 2. The largest absolute Gasteiger partial charge is 0.416 e. The van der Waals surface area contributed by atoms with Crippen molar-refractivity contribution in [2.24, 2.45) is 7.05 Å². The van der Waals surface area contributed by atoms with E-state index in [0.29, 0.717) is 29.1 Å². The molecule has 1 unspecified atom stereocenters. The Kier molecular flexibility index (Phi) is 6.93. The number of carbonyl (C=O) groups excluding carboxylic acids is 2. The van der Waals surface area contributed by atoms with Gasteiger partial charge in [-0.2, -0.15) is 18.3 Å². The second-order valence-corrected chi connectivity index (χ2v) is 10.8. The van der Waals surface area contributed by atoms with Gasteiger partial charge >= 0.3 is 6.18 Å². The number of amides is 2. The van der Waals surface area contributed by atoms with Crippen LogP contribution < -0.4 is 16.0 Å². The highest BCUT2D eigenvalue weighted by Crippen LogP contribution is 2.44. The summed E-state index contributed by atoms with van der Waals surface area (Å²) in [5, 5.41) is 14.1. The van der Waals surface area contributed by atoms with Crippen LogP contribution in [0.2, 0.25) is 5.02 Å². The molecule has 42 heavy (non-hydrogen) atoms. The molecule has 13 heteroatoms. The zero-order valence-corrected chi connectivity index (χ0v) is 22.8. The first-order valence-corrected chi connectivity index (χ1v) is 13.5. The molecule has 2 aliphatic rings. The smallest absolute Gasteiger partial charge is 0.341 e. The molecule has 0 bridgehead atoms. The van der Waals surface area contributed by atoms with Crippen molar-refractivity contribution in [3.8, 4) is 0 Å². The predicted octanol–water partition coefficient (Wildman–Crippen LogP) is 6.08. The number of fused-ring (bicyclic) bond motifs is 3. The quantitative estimate of drug-likeness (QED) is 0.247. The van der Waals surface area contributed by atoms with E-state index >= 15 is 0 Å². The fraction of sp³-hybridized carbons (Fsp3) is 0.276. The average molecular weight is 604 g/mol. The van der Waals surface area contributed by atoms with E-state index in [9.17, 15) is 31.5 Å². The SMILES string of the molecule is Cn1nc2c3c(c(NC(=O)c4cc(F)cc(C(F)(F)F)c4)cc2c1C1CCNCC1)C(c1cc(F)ccc1Cl)NC3=O. The van der Waals surface area contributed by atoms with Gasteiger partial charge in [-0.1, -0.05) is 11.6 Å². The highest BCUT2D eigenvalue weighted by molar-refractivity contribution is 6.31. The molecule has 0 saturated carbocycles. The van der Waals surface area contributed by atoms with Gasteiger partial charge in [0.2, 0.25) is 0 Å². The van der Waals surface area contributed by atoms with Crippen LogP contribution in [0.15, 0.2) is 42.5 Å². The van der Waals surface area contributed by atoms with Crippen LogP contribution in [0.1, 0.15) is 67.9 Å². The van der Waals surface area contributed by atoms with Gasteiger partial charge in [-0.3, -0.25) is 14.3 Å². The monoisotopic (exact) mass is 603 g/mol. The molecule has 0 radical (unpaired) electrons. The lowest BCUT2D eigenvalue weighted by atomic mass is 9.89. The highest BCUT2D eigenvalue weighted by atomic mass is 35.5. The van der Waals surface area contributed by atoms with Crippen LogP contribution in [0.4, 0.5) is 27.6 Å². The van der Waals surface area contributed by atoms with Gasteiger partial charge in [-0.05, 0) is 68.4 Å². The Labute approximate surface area is 241 Å². The molecule has 0 aliphatic carbocycles. The van der Waals surface area contributed by atoms with Crippen molar-refractivity contribution in [3.63, 3.8) is 0 Å². The Morgan fingerprint density at radius 2 is 1.81 bits per heavy atom. The van der Waals surface area contributed by atoms with Crippen molar-refractivity contribution in [2.45, 2.75) is 31.0 Å². The molecule has 3 N–H and O–H groups in total. The third-order valence-electron chi connectivity index (χ3n) is 7.74. The molecule has 2 amide bonds. The Hall–Kier alpha value is -4.03. The number of halogens is 6. The number of anilines is 1. The molecule has 1 atom stereocenters. The highest BCUT2D eigenvalue weighted by Gasteiger charge is 2.39. The van der Waals surface area contributed by atoms with Crippen molar-refractivity contribution in [2.75, 3.05) is 18.4 Å². The number of aryl methyl sites for hydroxylation is 1. The molecule has 7 nitrogen and oxygen atoms in total. The van der Waals surface area contributed by atoms with Gasteiger partial charge in [0.1, 0.15) is 17.2 Å². The first-order chi connectivity index (χ1) is 19.9. The van der Waals surface area contributed by atoms with Crippen molar-refractivity contribution in [1.29, 1.82) is 0 Å². The predicted molar refractivity (Wildman–Crippen MR) is 146 cm³/mol. The fourth-order valence-electron chi connectivity index (χ4n) is 5.90. The summed E-state index contributed by atoms with van der Waals surface area (Å²) in [6, 6.07) is 5.77.